The van der Waals surface area contributed by atoms with Crippen LogP contribution in [-0.2, 0) is 19.2 Å². The molecule has 3 aliphatic carbocycles. The highest BCUT2D eigenvalue weighted by molar-refractivity contribution is 6.17. The van der Waals surface area contributed by atoms with Crippen LogP contribution in [-0.4, -0.2) is 45.5 Å². The van der Waals surface area contributed by atoms with E-state index in [1.807, 2.05) is 95.3 Å². The van der Waals surface area contributed by atoms with Gasteiger partial charge in [-0.25, -0.2) is 0 Å². The molecule has 4 amide bonds. The molecular weight excluding hydrogens is 476 g/mol. The lowest BCUT2D eigenvalue weighted by Crippen LogP contribution is -2.60. The zero-order chi connectivity index (χ0) is 27.1. The monoisotopic (exact) mass is 510 g/mol. The Morgan fingerprint density at radius 2 is 1.05 bits per heavy atom. The van der Waals surface area contributed by atoms with Crippen molar-refractivity contribution in [1.29, 1.82) is 0 Å². The van der Waals surface area contributed by atoms with E-state index in [4.69, 9.17) is 0 Å². The third-order valence-electron chi connectivity index (χ3n) is 9.49. The third-order valence-corrected chi connectivity index (χ3v) is 9.49. The molecular formula is C32H34N2O4. The Kier molecular flexibility index (Phi) is 5.53. The number of nitrogens with zero attached hydrogens (tertiary/aromatic N) is 2. The van der Waals surface area contributed by atoms with E-state index < -0.39 is 35.0 Å². The second kappa shape index (κ2) is 8.48. The van der Waals surface area contributed by atoms with Crippen molar-refractivity contribution in [2.24, 2.45) is 35.0 Å². The first-order chi connectivity index (χ1) is 18.2. The number of hydrogen-bond acceptors (Lipinski definition) is 4. The number of likely N-dealkylation sites (tertiary alicyclic amines) is 2. The number of allylic oxidation sites excluding steroid dienone is 2. The molecule has 3 fully saturated rings. The molecule has 0 spiro atoms. The summed E-state index contributed by atoms with van der Waals surface area (Å²) in [6.07, 6.45) is 0.471. The SMILES string of the molecule is CCC12C(c3ccccc3)=C(c3ccccc3)C([C@H]3C(=O)N(C(C)C)C(=O)[C@@H]31)[C@@H]1C(=O)N(C(C)C)C(=O)[C@H]12. The lowest BCUT2D eigenvalue weighted by Gasteiger charge is -2.59. The molecule has 0 aromatic heterocycles. The molecule has 6 atom stereocenters. The maximum Gasteiger partial charge on any atom is 0.234 e. The van der Waals surface area contributed by atoms with Crippen LogP contribution in [0.4, 0.5) is 0 Å². The molecule has 196 valence electrons. The first-order valence-corrected chi connectivity index (χ1v) is 13.8. The zero-order valence-corrected chi connectivity index (χ0v) is 22.5. The van der Waals surface area contributed by atoms with Gasteiger partial charge in [0.1, 0.15) is 0 Å². The highest BCUT2D eigenvalue weighted by atomic mass is 16.2. The van der Waals surface area contributed by atoms with Crippen LogP contribution in [0.3, 0.4) is 0 Å². The summed E-state index contributed by atoms with van der Waals surface area (Å²) in [7, 11) is 0. The topological polar surface area (TPSA) is 74.8 Å². The molecule has 2 heterocycles. The van der Waals surface area contributed by atoms with Crippen molar-refractivity contribution in [1.82, 2.24) is 9.80 Å². The van der Waals surface area contributed by atoms with Crippen molar-refractivity contribution in [3.63, 3.8) is 0 Å². The lowest BCUT2D eigenvalue weighted by atomic mass is 9.40. The number of rotatable bonds is 5. The molecule has 0 N–H and O–H groups in total. The molecule has 6 heteroatoms. The summed E-state index contributed by atoms with van der Waals surface area (Å²) < 4.78 is 0. The smallest absolute Gasteiger partial charge is 0.234 e. The normalized spacial score (nSPS) is 32.2. The van der Waals surface area contributed by atoms with Gasteiger partial charge in [-0.05, 0) is 56.4 Å². The summed E-state index contributed by atoms with van der Waals surface area (Å²) in [5.74, 6) is -4.08. The van der Waals surface area contributed by atoms with Crippen LogP contribution >= 0.6 is 0 Å². The molecule has 7 rings (SSSR count). The average Bonchev–Trinajstić information content (AvgIpc) is 3.35. The summed E-state index contributed by atoms with van der Waals surface area (Å²) >= 11 is 0. The summed E-state index contributed by atoms with van der Waals surface area (Å²) in [4.78, 5) is 59.5. The van der Waals surface area contributed by atoms with E-state index in [1.54, 1.807) is 0 Å². The fourth-order valence-corrected chi connectivity index (χ4v) is 8.36. The van der Waals surface area contributed by atoms with E-state index in [2.05, 4.69) is 0 Å². The van der Waals surface area contributed by atoms with Gasteiger partial charge in [0.2, 0.25) is 23.6 Å². The van der Waals surface area contributed by atoms with E-state index in [-0.39, 0.29) is 35.7 Å². The molecule has 1 saturated carbocycles. The number of imide groups is 2. The minimum absolute atomic E-state index is 0.205. The lowest BCUT2D eigenvalue weighted by molar-refractivity contribution is -0.146. The van der Waals surface area contributed by atoms with E-state index >= 15 is 0 Å². The standard InChI is InChI=1S/C32H34N2O4/c1-6-32-25(20-15-11-8-12-16-20)21(19-13-9-7-10-14-19)22(23-26(32)30(37)33(17(2)3)28(23)35)24-27(32)31(38)34(18(4)5)29(24)36/h7-18,22-24,26-27H,6H2,1-5H3/t22?,23-,24+,26-,27+,32?. The average molecular weight is 511 g/mol. The van der Waals surface area contributed by atoms with Crippen LogP contribution in [0.25, 0.3) is 11.1 Å². The third kappa shape index (κ3) is 2.89. The van der Waals surface area contributed by atoms with Crippen molar-refractivity contribution in [3.05, 3.63) is 71.8 Å². The number of benzene rings is 2. The van der Waals surface area contributed by atoms with Gasteiger partial charge in [-0.2, -0.15) is 0 Å². The van der Waals surface area contributed by atoms with E-state index in [0.717, 1.165) is 22.3 Å². The quantitative estimate of drug-likeness (QED) is 0.549. The highest BCUT2D eigenvalue weighted by Gasteiger charge is 2.77. The van der Waals surface area contributed by atoms with Gasteiger partial charge in [-0.1, -0.05) is 67.6 Å². The molecule has 6 nitrogen and oxygen atoms in total. The molecule has 38 heavy (non-hydrogen) atoms. The Hall–Kier alpha value is -3.54. The van der Waals surface area contributed by atoms with Crippen LogP contribution in [0.2, 0.25) is 0 Å². The van der Waals surface area contributed by atoms with Crippen molar-refractivity contribution in [2.75, 3.05) is 0 Å². The van der Waals surface area contributed by atoms with Gasteiger partial charge in [0, 0.05) is 23.4 Å². The minimum Gasteiger partial charge on any atom is -0.280 e. The minimum atomic E-state index is -0.983. The fraction of sp³-hybridized carbons (Fsp3) is 0.438. The maximum atomic E-state index is 14.2. The summed E-state index contributed by atoms with van der Waals surface area (Å²) in [6, 6.07) is 19.3. The number of amides is 4. The van der Waals surface area contributed by atoms with E-state index in [9.17, 15) is 19.2 Å². The molecule has 2 bridgehead atoms. The summed E-state index contributed by atoms with van der Waals surface area (Å²) in [5.41, 5.74) is 2.81. The summed E-state index contributed by atoms with van der Waals surface area (Å²) in [5, 5.41) is 0. The van der Waals surface area contributed by atoms with E-state index in [1.165, 1.54) is 9.80 Å². The van der Waals surface area contributed by atoms with Crippen LogP contribution in [0, 0.1) is 35.0 Å². The van der Waals surface area contributed by atoms with Crippen molar-refractivity contribution < 1.29 is 19.2 Å². The fourth-order valence-electron chi connectivity index (χ4n) is 8.36. The molecule has 5 aliphatic rings. The highest BCUT2D eigenvalue weighted by Crippen LogP contribution is 2.73. The largest absolute Gasteiger partial charge is 0.280 e. The van der Waals surface area contributed by atoms with Crippen LogP contribution in [0.1, 0.15) is 52.2 Å². The van der Waals surface area contributed by atoms with Gasteiger partial charge in [0.25, 0.3) is 0 Å². The first-order valence-electron chi connectivity index (χ1n) is 13.8. The van der Waals surface area contributed by atoms with Crippen molar-refractivity contribution >= 4 is 34.8 Å². The summed E-state index contributed by atoms with van der Waals surface area (Å²) in [6.45, 7) is 9.44. The number of hydrogen-bond donors (Lipinski definition) is 0. The Morgan fingerprint density at radius 3 is 1.45 bits per heavy atom. The number of carbonyl (C=O) groups is 4. The van der Waals surface area contributed by atoms with E-state index in [0.29, 0.717) is 6.42 Å². The molecule has 0 radical (unpaired) electrons. The van der Waals surface area contributed by atoms with Gasteiger partial charge in [-0.15, -0.1) is 0 Å². The second-order valence-corrected chi connectivity index (χ2v) is 11.7. The first kappa shape index (κ1) is 24.8. The molecule has 2 unspecified atom stereocenters. The van der Waals surface area contributed by atoms with Crippen LogP contribution in [0.5, 0.6) is 0 Å². The Balaban J connectivity index is 1.75. The Labute approximate surface area is 223 Å². The van der Waals surface area contributed by atoms with Gasteiger partial charge >= 0.3 is 0 Å². The molecule has 2 saturated heterocycles. The predicted molar refractivity (Wildman–Crippen MR) is 144 cm³/mol. The van der Waals surface area contributed by atoms with Gasteiger partial charge in [0.05, 0.1) is 23.7 Å². The zero-order valence-electron chi connectivity index (χ0n) is 22.5. The van der Waals surface area contributed by atoms with Crippen molar-refractivity contribution in [3.8, 4) is 0 Å². The van der Waals surface area contributed by atoms with Crippen LogP contribution < -0.4 is 0 Å². The predicted octanol–water partition coefficient (Wildman–Crippen LogP) is 4.66. The van der Waals surface area contributed by atoms with Gasteiger partial charge in [0.15, 0.2) is 0 Å². The van der Waals surface area contributed by atoms with Gasteiger partial charge < -0.3 is 0 Å². The molecule has 2 aliphatic heterocycles. The van der Waals surface area contributed by atoms with Gasteiger partial charge in [-0.3, -0.25) is 29.0 Å². The molecule has 2 aromatic carbocycles. The van der Waals surface area contributed by atoms with Crippen molar-refractivity contribution in [2.45, 2.75) is 53.1 Å². The molecule has 2 aromatic rings. The van der Waals surface area contributed by atoms with Crippen LogP contribution in [0.15, 0.2) is 60.7 Å². The Morgan fingerprint density at radius 1 is 0.632 bits per heavy atom. The maximum absolute atomic E-state index is 14.2. The number of carbonyl (C=O) groups excluding carboxylic acids is 4. The second-order valence-electron chi connectivity index (χ2n) is 11.7. The Bertz CT molecular complexity index is 1320.